The minimum atomic E-state index is -5.59. The van der Waals surface area contributed by atoms with Gasteiger partial charge in [0, 0.05) is 0 Å². The highest BCUT2D eigenvalue weighted by Crippen LogP contribution is 2.33. The molecule has 5 nitrogen and oxygen atoms in total. The van der Waals surface area contributed by atoms with E-state index in [4.69, 9.17) is 4.55 Å². The van der Waals surface area contributed by atoms with Gasteiger partial charge < -0.3 is 4.74 Å². The van der Waals surface area contributed by atoms with Crippen LogP contribution >= 0.6 is 0 Å². The summed E-state index contributed by atoms with van der Waals surface area (Å²) < 4.78 is 90.0. The molecule has 1 atom stereocenters. The van der Waals surface area contributed by atoms with Gasteiger partial charge in [0.15, 0.2) is 16.5 Å². The Hall–Kier alpha value is -2.46. The van der Waals surface area contributed by atoms with Gasteiger partial charge >= 0.3 is 16.1 Å². The maximum absolute atomic E-state index is 13.9. The van der Waals surface area contributed by atoms with Crippen molar-refractivity contribution in [1.82, 2.24) is 0 Å². The fourth-order valence-electron chi connectivity index (χ4n) is 2.24. The molecule has 0 aliphatic rings. The van der Waals surface area contributed by atoms with E-state index in [1.165, 1.54) is 12.1 Å². The van der Waals surface area contributed by atoms with Gasteiger partial charge in [0.1, 0.15) is 0 Å². The Morgan fingerprint density at radius 3 is 1.93 bits per heavy atom. The van der Waals surface area contributed by atoms with Gasteiger partial charge in [0.25, 0.3) is 0 Å². The van der Waals surface area contributed by atoms with Crippen molar-refractivity contribution in [3.63, 3.8) is 0 Å². The number of benzene rings is 2. The van der Waals surface area contributed by atoms with Crippen LogP contribution in [0.1, 0.15) is 42.1 Å². The van der Waals surface area contributed by atoms with Gasteiger partial charge in [-0.3, -0.25) is 4.55 Å². The van der Waals surface area contributed by atoms with Crippen LogP contribution in [0, 0.1) is 23.3 Å². The summed E-state index contributed by atoms with van der Waals surface area (Å²) in [6.45, 7) is 3.90. The third kappa shape index (κ3) is 4.11. The predicted octanol–water partition coefficient (Wildman–Crippen LogP) is 4.22. The lowest BCUT2D eigenvalue weighted by atomic mass is 9.98. The molecule has 0 bridgehead atoms. The van der Waals surface area contributed by atoms with Crippen molar-refractivity contribution in [3.05, 3.63) is 58.7 Å². The van der Waals surface area contributed by atoms with Gasteiger partial charge in [-0.05, 0) is 30.0 Å². The van der Waals surface area contributed by atoms with E-state index in [9.17, 15) is 30.8 Å². The van der Waals surface area contributed by atoms with Gasteiger partial charge in [-0.15, -0.1) is 0 Å². The van der Waals surface area contributed by atoms with E-state index >= 15 is 0 Å². The molecule has 2 rings (SSSR count). The maximum Gasteiger partial charge on any atom is 0.343 e. The Bertz CT molecular complexity index is 958. The monoisotopic (exact) mass is 406 g/mol. The van der Waals surface area contributed by atoms with Crippen LogP contribution in [0.15, 0.2) is 29.2 Å². The lowest BCUT2D eigenvalue weighted by Crippen LogP contribution is -2.16. The van der Waals surface area contributed by atoms with E-state index < -0.39 is 50.0 Å². The number of rotatable bonds is 5. The number of hydrogen-bond donors (Lipinski definition) is 1. The number of ether oxygens (including phenoxy) is 1. The molecule has 0 aliphatic carbocycles. The molecule has 0 fully saturated rings. The van der Waals surface area contributed by atoms with E-state index in [1.54, 1.807) is 12.1 Å². The summed E-state index contributed by atoms with van der Waals surface area (Å²) in [6, 6.07) is 5.78. The zero-order valence-electron chi connectivity index (χ0n) is 14.1. The SMILES string of the molecule is CCC(C)c1ccc(C(=O)Oc2c(F)c(F)c(S(=O)(=O)O)c(F)c2F)cc1. The van der Waals surface area contributed by atoms with Crippen LogP contribution in [0.3, 0.4) is 0 Å². The molecule has 0 amide bonds. The van der Waals surface area contributed by atoms with Crippen LogP contribution in [0.5, 0.6) is 5.75 Å². The first-order valence-electron chi connectivity index (χ1n) is 7.64. The molecule has 0 saturated heterocycles. The van der Waals surface area contributed by atoms with Crippen molar-refractivity contribution in [2.75, 3.05) is 0 Å². The summed E-state index contributed by atoms with van der Waals surface area (Å²) in [7, 11) is -5.59. The first-order chi connectivity index (χ1) is 12.5. The van der Waals surface area contributed by atoms with Gasteiger partial charge in [-0.25, -0.2) is 13.6 Å². The molecule has 10 heteroatoms. The van der Waals surface area contributed by atoms with E-state index in [0.29, 0.717) is 0 Å². The Balaban J connectivity index is 2.42. The van der Waals surface area contributed by atoms with Crippen LogP contribution in [-0.2, 0) is 10.1 Å². The largest absolute Gasteiger partial charge is 0.416 e. The van der Waals surface area contributed by atoms with Crippen molar-refractivity contribution in [2.24, 2.45) is 0 Å². The van der Waals surface area contributed by atoms with Gasteiger partial charge in [0.2, 0.25) is 17.4 Å². The summed E-state index contributed by atoms with van der Waals surface area (Å²) in [6.07, 6.45) is 0.832. The molecular formula is C17H14F4O5S. The van der Waals surface area contributed by atoms with E-state index in [2.05, 4.69) is 4.74 Å². The topological polar surface area (TPSA) is 80.7 Å². The number of carbonyl (C=O) groups is 1. The number of carbonyl (C=O) groups excluding carboxylic acids is 1. The summed E-state index contributed by atoms with van der Waals surface area (Å²) in [4.78, 5) is 9.79. The molecule has 2 aromatic rings. The van der Waals surface area contributed by atoms with E-state index in [-0.39, 0.29) is 11.5 Å². The quantitative estimate of drug-likeness (QED) is 0.264. The molecule has 1 unspecified atom stereocenters. The van der Waals surface area contributed by atoms with Crippen LogP contribution in [0.2, 0.25) is 0 Å². The smallest absolute Gasteiger partial charge is 0.343 e. The lowest BCUT2D eigenvalue weighted by Gasteiger charge is -2.12. The zero-order chi connectivity index (χ0) is 20.5. The van der Waals surface area contributed by atoms with E-state index in [0.717, 1.165) is 12.0 Å². The molecule has 0 aliphatic heterocycles. The normalized spacial score (nSPS) is 12.7. The van der Waals surface area contributed by atoms with Crippen LogP contribution in [0.25, 0.3) is 0 Å². The third-order valence-electron chi connectivity index (χ3n) is 3.96. The van der Waals surface area contributed by atoms with Gasteiger partial charge in [0.05, 0.1) is 5.56 Å². The Kier molecular flexibility index (Phi) is 5.91. The van der Waals surface area contributed by atoms with Crippen LogP contribution in [0.4, 0.5) is 17.6 Å². The van der Waals surface area contributed by atoms with Crippen molar-refractivity contribution in [1.29, 1.82) is 0 Å². The summed E-state index contributed by atoms with van der Waals surface area (Å²) in [5, 5.41) is 0. The fraction of sp³-hybridized carbons (Fsp3) is 0.235. The van der Waals surface area contributed by atoms with Crippen LogP contribution < -0.4 is 4.74 Å². The standard InChI is InChI=1S/C17H14F4O5S/c1-3-8(2)9-4-6-10(7-5-9)17(22)26-15-11(18)13(20)16(27(23,24)25)14(21)12(15)19/h4-8H,3H2,1-2H3,(H,23,24,25). The Labute approximate surface area is 152 Å². The molecule has 0 aromatic heterocycles. The second kappa shape index (κ2) is 7.65. The molecule has 0 spiro atoms. The molecule has 0 saturated carbocycles. The molecule has 2 aromatic carbocycles. The molecule has 1 N–H and O–H groups in total. The van der Waals surface area contributed by atoms with Gasteiger partial charge in [-0.2, -0.15) is 17.2 Å². The third-order valence-corrected chi connectivity index (χ3v) is 4.84. The number of esters is 1. The van der Waals surface area contributed by atoms with Crippen molar-refractivity contribution >= 4 is 16.1 Å². The van der Waals surface area contributed by atoms with Gasteiger partial charge in [-0.1, -0.05) is 26.0 Å². The molecule has 0 radical (unpaired) electrons. The summed E-state index contributed by atoms with van der Waals surface area (Å²) in [5.74, 6) is -12.2. The first-order valence-corrected chi connectivity index (χ1v) is 9.08. The van der Waals surface area contributed by atoms with Crippen molar-refractivity contribution < 1.29 is 40.1 Å². The average Bonchev–Trinajstić information content (AvgIpc) is 2.62. The minimum absolute atomic E-state index is 0.152. The van der Waals surface area contributed by atoms with E-state index in [1.807, 2.05) is 13.8 Å². The lowest BCUT2D eigenvalue weighted by molar-refractivity contribution is 0.0716. The first kappa shape index (κ1) is 20.8. The maximum atomic E-state index is 13.9. The predicted molar refractivity (Wildman–Crippen MR) is 86.2 cm³/mol. The van der Waals surface area contributed by atoms with Crippen molar-refractivity contribution in [3.8, 4) is 5.75 Å². The second-order valence-corrected chi connectivity index (χ2v) is 7.07. The summed E-state index contributed by atoms with van der Waals surface area (Å²) in [5.41, 5.74) is 0.738. The minimum Gasteiger partial charge on any atom is -0.416 e. The molecule has 146 valence electrons. The molecular weight excluding hydrogens is 392 g/mol. The Morgan fingerprint density at radius 1 is 1.04 bits per heavy atom. The van der Waals surface area contributed by atoms with Crippen LogP contribution in [-0.4, -0.2) is 18.9 Å². The Morgan fingerprint density at radius 2 is 1.52 bits per heavy atom. The highest BCUT2D eigenvalue weighted by molar-refractivity contribution is 7.85. The van der Waals surface area contributed by atoms with Crippen molar-refractivity contribution in [2.45, 2.75) is 31.1 Å². The fourth-order valence-corrected chi connectivity index (χ4v) is 2.87. The molecule has 0 heterocycles. The number of halogens is 4. The molecule has 27 heavy (non-hydrogen) atoms. The average molecular weight is 406 g/mol. The highest BCUT2D eigenvalue weighted by atomic mass is 32.2. The summed E-state index contributed by atoms with van der Waals surface area (Å²) >= 11 is 0. The number of hydrogen-bond acceptors (Lipinski definition) is 4. The zero-order valence-corrected chi connectivity index (χ0v) is 14.9. The highest BCUT2D eigenvalue weighted by Gasteiger charge is 2.34. The second-order valence-electron chi connectivity index (χ2n) is 5.71.